The van der Waals surface area contributed by atoms with Crippen molar-refractivity contribution >= 4 is 45.9 Å². The first-order valence-corrected chi connectivity index (χ1v) is 9.97. The zero-order valence-corrected chi connectivity index (χ0v) is 20.5. The molecule has 0 bridgehead atoms. The van der Waals surface area contributed by atoms with Gasteiger partial charge in [-0.3, -0.25) is 0 Å². The molecule has 1 N–H and O–H groups in total. The third-order valence-corrected chi connectivity index (χ3v) is 4.97. The Morgan fingerprint density at radius 1 is 1.22 bits per heavy atom. The highest BCUT2D eigenvalue weighted by molar-refractivity contribution is 14.0. The molecule has 1 aromatic rings. The van der Waals surface area contributed by atoms with Crippen LogP contribution in [0.3, 0.4) is 0 Å². The van der Waals surface area contributed by atoms with Crippen LogP contribution in [0.15, 0.2) is 21.6 Å². The maximum Gasteiger partial charge on any atom is 0.194 e. The second-order valence-electron chi connectivity index (χ2n) is 6.13. The minimum absolute atomic E-state index is 0. The van der Waals surface area contributed by atoms with E-state index in [1.54, 1.807) is 14.2 Å². The molecule has 1 aliphatic heterocycles. The van der Waals surface area contributed by atoms with Gasteiger partial charge >= 0.3 is 0 Å². The summed E-state index contributed by atoms with van der Waals surface area (Å²) in [4.78, 5) is 7.14. The number of benzene rings is 1. The molecule has 0 radical (unpaired) electrons. The lowest BCUT2D eigenvalue weighted by Crippen LogP contribution is -2.47. The minimum Gasteiger partial charge on any atom is -0.493 e. The van der Waals surface area contributed by atoms with E-state index >= 15 is 0 Å². The third-order valence-electron chi connectivity index (χ3n) is 4.38. The fourth-order valence-electron chi connectivity index (χ4n) is 3.12. The fraction of sp³-hybridized carbons (Fsp3) is 0.632. The van der Waals surface area contributed by atoms with Crippen LogP contribution in [0.5, 0.6) is 11.5 Å². The van der Waals surface area contributed by atoms with Crippen molar-refractivity contribution in [1.82, 2.24) is 10.2 Å². The Bertz CT molecular complexity index is 608. The normalized spacial score (nSPS) is 15.3. The fourth-order valence-corrected chi connectivity index (χ4v) is 3.78. The predicted octanol–water partition coefficient (Wildman–Crippen LogP) is 4.05. The molecule has 1 saturated heterocycles. The summed E-state index contributed by atoms with van der Waals surface area (Å²) >= 11 is 3.54. The van der Waals surface area contributed by atoms with E-state index in [4.69, 9.17) is 19.2 Å². The molecule has 1 heterocycles. The Balaban J connectivity index is 0.00000364. The van der Waals surface area contributed by atoms with Crippen LogP contribution in [-0.4, -0.2) is 57.4 Å². The molecule has 8 heteroatoms. The monoisotopic (exact) mass is 555 g/mol. The van der Waals surface area contributed by atoms with Crippen LogP contribution in [0, 0.1) is 0 Å². The van der Waals surface area contributed by atoms with Gasteiger partial charge in [-0.1, -0.05) is 0 Å². The molecule has 1 aromatic carbocycles. The van der Waals surface area contributed by atoms with Gasteiger partial charge in [-0.05, 0) is 60.3 Å². The third kappa shape index (κ3) is 6.98. The maximum absolute atomic E-state index is 5.74. The van der Waals surface area contributed by atoms with E-state index in [0.29, 0.717) is 24.1 Å². The van der Waals surface area contributed by atoms with Gasteiger partial charge in [0.05, 0.1) is 31.3 Å². The summed E-state index contributed by atoms with van der Waals surface area (Å²) < 4.78 is 17.4. The molecular formula is C19H31BrIN3O3. The van der Waals surface area contributed by atoms with Crippen molar-refractivity contribution in [3.8, 4) is 11.5 Å². The Morgan fingerprint density at radius 3 is 2.48 bits per heavy atom. The van der Waals surface area contributed by atoms with Crippen molar-refractivity contribution in [3.63, 3.8) is 0 Å². The Hall–Kier alpha value is -0.740. The van der Waals surface area contributed by atoms with Gasteiger partial charge in [-0.2, -0.15) is 0 Å². The van der Waals surface area contributed by atoms with Gasteiger partial charge in [0.2, 0.25) is 0 Å². The van der Waals surface area contributed by atoms with E-state index in [9.17, 15) is 0 Å². The van der Waals surface area contributed by atoms with Crippen molar-refractivity contribution in [2.75, 3.05) is 40.5 Å². The molecule has 0 aromatic heterocycles. The van der Waals surface area contributed by atoms with Gasteiger partial charge < -0.3 is 24.4 Å². The van der Waals surface area contributed by atoms with Crippen molar-refractivity contribution in [2.45, 2.75) is 39.3 Å². The summed E-state index contributed by atoms with van der Waals surface area (Å²) in [6.45, 7) is 8.28. The predicted molar refractivity (Wildman–Crippen MR) is 124 cm³/mol. The summed E-state index contributed by atoms with van der Waals surface area (Å²) in [5.41, 5.74) is 1.06. The first-order valence-electron chi connectivity index (χ1n) is 9.18. The zero-order valence-electron chi connectivity index (χ0n) is 16.6. The highest BCUT2D eigenvalue weighted by Crippen LogP contribution is 2.36. The van der Waals surface area contributed by atoms with Crippen LogP contribution < -0.4 is 14.8 Å². The highest BCUT2D eigenvalue weighted by atomic mass is 127. The molecule has 1 aliphatic rings. The van der Waals surface area contributed by atoms with Crippen LogP contribution in [0.1, 0.15) is 32.3 Å². The number of rotatable bonds is 7. The number of likely N-dealkylation sites (tertiary alicyclic amines) is 1. The van der Waals surface area contributed by atoms with E-state index in [1.807, 2.05) is 12.1 Å². The van der Waals surface area contributed by atoms with Crippen LogP contribution in [0.2, 0.25) is 0 Å². The molecule has 0 amide bonds. The van der Waals surface area contributed by atoms with E-state index in [2.05, 4.69) is 40.0 Å². The van der Waals surface area contributed by atoms with Crippen LogP contribution >= 0.6 is 39.9 Å². The number of hydrogen-bond donors (Lipinski definition) is 1. The topological polar surface area (TPSA) is 55.3 Å². The van der Waals surface area contributed by atoms with E-state index < -0.39 is 0 Å². The number of nitrogens with zero attached hydrogens (tertiary/aromatic N) is 2. The minimum atomic E-state index is 0. The second-order valence-corrected chi connectivity index (χ2v) is 6.98. The smallest absolute Gasteiger partial charge is 0.194 e. The first-order chi connectivity index (χ1) is 12.6. The molecule has 0 saturated carbocycles. The number of ether oxygens (including phenoxy) is 3. The first kappa shape index (κ1) is 24.3. The number of guanidine groups is 1. The average molecular weight is 556 g/mol. The lowest BCUT2D eigenvalue weighted by atomic mass is 10.1. The molecule has 6 nitrogen and oxygen atoms in total. The summed E-state index contributed by atoms with van der Waals surface area (Å²) in [5.74, 6) is 2.35. The van der Waals surface area contributed by atoms with Gasteiger partial charge in [0.1, 0.15) is 0 Å². The van der Waals surface area contributed by atoms with Gasteiger partial charge in [0, 0.05) is 26.2 Å². The quantitative estimate of drug-likeness (QED) is 0.312. The summed E-state index contributed by atoms with van der Waals surface area (Å²) in [7, 11) is 3.28. The van der Waals surface area contributed by atoms with Crippen LogP contribution in [-0.2, 0) is 11.3 Å². The van der Waals surface area contributed by atoms with E-state index in [-0.39, 0.29) is 24.0 Å². The summed E-state index contributed by atoms with van der Waals surface area (Å²) in [5, 5.41) is 3.40. The molecule has 1 fully saturated rings. The van der Waals surface area contributed by atoms with Crippen LogP contribution in [0.4, 0.5) is 0 Å². The lowest BCUT2D eigenvalue weighted by molar-refractivity contribution is 0.0263. The Kier molecular flexibility index (Phi) is 11.4. The SMILES string of the molecule is CCNC(=NCc1cc(Br)c(OC)c(OC)c1)N1CCC(OCC)CC1.I. The van der Waals surface area contributed by atoms with Gasteiger partial charge in [0.25, 0.3) is 0 Å². The Labute approximate surface area is 188 Å². The summed E-state index contributed by atoms with van der Waals surface area (Å²) in [6.07, 6.45) is 2.46. The number of nitrogens with one attached hydrogen (secondary N) is 1. The molecule has 0 unspecified atom stereocenters. The van der Waals surface area contributed by atoms with Crippen LogP contribution in [0.25, 0.3) is 0 Å². The summed E-state index contributed by atoms with van der Waals surface area (Å²) in [6, 6.07) is 3.99. The number of halogens is 2. The number of piperidine rings is 1. The molecule has 27 heavy (non-hydrogen) atoms. The molecule has 2 rings (SSSR count). The zero-order chi connectivity index (χ0) is 18.9. The number of hydrogen-bond acceptors (Lipinski definition) is 4. The largest absolute Gasteiger partial charge is 0.493 e. The molecule has 154 valence electrons. The van der Waals surface area contributed by atoms with E-state index in [1.165, 1.54) is 0 Å². The molecule has 0 aliphatic carbocycles. The average Bonchev–Trinajstić information content (AvgIpc) is 2.65. The van der Waals surface area contributed by atoms with Crippen molar-refractivity contribution in [3.05, 3.63) is 22.2 Å². The molecular weight excluding hydrogens is 525 g/mol. The highest BCUT2D eigenvalue weighted by Gasteiger charge is 2.21. The molecule has 0 atom stereocenters. The number of aliphatic imine (C=N–C) groups is 1. The molecule has 0 spiro atoms. The Morgan fingerprint density at radius 2 is 1.93 bits per heavy atom. The lowest BCUT2D eigenvalue weighted by Gasteiger charge is -2.34. The van der Waals surface area contributed by atoms with Crippen molar-refractivity contribution in [2.24, 2.45) is 4.99 Å². The van der Waals surface area contributed by atoms with Gasteiger partial charge in [0.15, 0.2) is 17.5 Å². The van der Waals surface area contributed by atoms with Gasteiger partial charge in [-0.25, -0.2) is 4.99 Å². The van der Waals surface area contributed by atoms with E-state index in [0.717, 1.165) is 55.1 Å². The standard InChI is InChI=1S/C19H30BrN3O3.HI/c1-5-21-19(23-9-7-15(8-10-23)26-6-2)22-13-14-11-16(20)18(25-4)17(12-14)24-3;/h11-12,15H,5-10,13H2,1-4H3,(H,21,22);1H. The van der Waals surface area contributed by atoms with Gasteiger partial charge in [-0.15, -0.1) is 24.0 Å². The second kappa shape index (κ2) is 12.7. The van der Waals surface area contributed by atoms with Crippen molar-refractivity contribution < 1.29 is 14.2 Å². The number of methoxy groups -OCH3 is 2. The maximum atomic E-state index is 5.74. The van der Waals surface area contributed by atoms with Crippen molar-refractivity contribution in [1.29, 1.82) is 0 Å².